The summed E-state index contributed by atoms with van der Waals surface area (Å²) in [6.45, 7) is 6.06. The van der Waals surface area contributed by atoms with E-state index in [9.17, 15) is 0 Å². The molecule has 14 heavy (non-hydrogen) atoms. The summed E-state index contributed by atoms with van der Waals surface area (Å²) >= 11 is 0. The molecule has 0 aromatic carbocycles. The van der Waals surface area contributed by atoms with Crippen LogP contribution in [0, 0.1) is 5.92 Å². The SMILES string of the molecule is CO[Si](C)(OC)C(N)C(C)CC(C)N. The van der Waals surface area contributed by atoms with Crippen LogP contribution in [0.5, 0.6) is 0 Å². The van der Waals surface area contributed by atoms with Crippen molar-refractivity contribution in [1.29, 1.82) is 0 Å². The van der Waals surface area contributed by atoms with E-state index in [1.807, 2.05) is 13.5 Å². The summed E-state index contributed by atoms with van der Waals surface area (Å²) in [4.78, 5) is 0. The van der Waals surface area contributed by atoms with Crippen molar-refractivity contribution in [2.75, 3.05) is 14.2 Å². The molecule has 86 valence electrons. The first-order valence-corrected chi connectivity index (χ1v) is 7.38. The molecule has 0 amide bonds. The average Bonchev–Trinajstić information content (AvgIpc) is 2.14. The third kappa shape index (κ3) is 3.66. The first-order chi connectivity index (χ1) is 6.37. The minimum absolute atomic E-state index is 0.0384. The summed E-state index contributed by atoms with van der Waals surface area (Å²) in [5, 5.41) is 0. The summed E-state index contributed by atoms with van der Waals surface area (Å²) in [5.41, 5.74) is 11.8. The Morgan fingerprint density at radius 2 is 1.57 bits per heavy atom. The fraction of sp³-hybridized carbons (Fsp3) is 1.00. The maximum atomic E-state index is 6.12. The molecule has 0 radical (unpaired) electrons. The van der Waals surface area contributed by atoms with Crippen LogP contribution in [0.2, 0.25) is 6.55 Å². The van der Waals surface area contributed by atoms with Gasteiger partial charge in [0.2, 0.25) is 0 Å². The van der Waals surface area contributed by atoms with Gasteiger partial charge in [-0.2, -0.15) is 0 Å². The van der Waals surface area contributed by atoms with Crippen LogP contribution in [-0.4, -0.2) is 34.5 Å². The zero-order valence-corrected chi connectivity index (χ0v) is 10.9. The highest BCUT2D eigenvalue weighted by atomic mass is 28.4. The molecule has 4 nitrogen and oxygen atoms in total. The summed E-state index contributed by atoms with van der Waals surface area (Å²) in [7, 11) is 1.11. The van der Waals surface area contributed by atoms with Crippen molar-refractivity contribution in [3.05, 3.63) is 0 Å². The second kappa shape index (κ2) is 5.82. The highest BCUT2D eigenvalue weighted by molar-refractivity contribution is 6.67. The largest absolute Gasteiger partial charge is 0.397 e. The molecule has 0 aliphatic rings. The van der Waals surface area contributed by atoms with Crippen LogP contribution < -0.4 is 11.5 Å². The second-order valence-electron chi connectivity index (χ2n) is 4.14. The molecule has 3 unspecified atom stereocenters. The smallest absolute Gasteiger partial charge is 0.351 e. The van der Waals surface area contributed by atoms with Gasteiger partial charge in [-0.05, 0) is 25.8 Å². The Kier molecular flexibility index (Phi) is 5.85. The van der Waals surface area contributed by atoms with Crippen molar-refractivity contribution in [3.63, 3.8) is 0 Å². The van der Waals surface area contributed by atoms with E-state index in [-0.39, 0.29) is 11.7 Å². The Labute approximate surface area is 88.2 Å². The standard InChI is InChI=1S/C9H24N2O2Si/c1-7(6-8(2)10)9(11)14(5,12-3)13-4/h7-9H,6,10-11H2,1-5H3. The Morgan fingerprint density at radius 1 is 1.14 bits per heavy atom. The normalized spacial score (nSPS) is 19.1. The monoisotopic (exact) mass is 220 g/mol. The molecule has 0 bridgehead atoms. The fourth-order valence-electron chi connectivity index (χ4n) is 1.61. The van der Waals surface area contributed by atoms with E-state index in [1.54, 1.807) is 14.2 Å². The van der Waals surface area contributed by atoms with Gasteiger partial charge >= 0.3 is 8.56 Å². The van der Waals surface area contributed by atoms with Crippen LogP contribution in [0.15, 0.2) is 0 Å². The maximum Gasteiger partial charge on any atom is 0.351 e. The van der Waals surface area contributed by atoms with Crippen LogP contribution in [0.25, 0.3) is 0 Å². The highest BCUT2D eigenvalue weighted by Crippen LogP contribution is 2.19. The lowest BCUT2D eigenvalue weighted by molar-refractivity contribution is 0.222. The predicted molar refractivity (Wildman–Crippen MR) is 61.0 cm³/mol. The zero-order chi connectivity index (χ0) is 11.4. The van der Waals surface area contributed by atoms with Crippen LogP contribution in [0.1, 0.15) is 20.3 Å². The van der Waals surface area contributed by atoms with Crippen molar-refractivity contribution >= 4 is 8.56 Å². The molecule has 0 aliphatic heterocycles. The summed E-state index contributed by atoms with van der Waals surface area (Å²) in [5.74, 6) is 0.326. The van der Waals surface area contributed by atoms with Gasteiger partial charge in [-0.25, -0.2) is 0 Å². The molecule has 0 aromatic rings. The average molecular weight is 220 g/mol. The van der Waals surface area contributed by atoms with Gasteiger partial charge < -0.3 is 20.3 Å². The number of hydrogen-bond donors (Lipinski definition) is 2. The predicted octanol–water partition coefficient (Wildman–Crippen LogP) is 0.591. The van der Waals surface area contributed by atoms with E-state index in [2.05, 4.69) is 6.92 Å². The molecule has 0 aromatic heterocycles. The third-order valence-electron chi connectivity index (χ3n) is 2.77. The van der Waals surface area contributed by atoms with Crippen LogP contribution in [-0.2, 0) is 8.85 Å². The van der Waals surface area contributed by atoms with Gasteiger partial charge in [0.15, 0.2) is 0 Å². The van der Waals surface area contributed by atoms with Crippen molar-refractivity contribution in [1.82, 2.24) is 0 Å². The summed E-state index contributed by atoms with van der Waals surface area (Å²) in [6.07, 6.45) is 0.899. The quantitative estimate of drug-likeness (QED) is 0.643. The number of hydrogen-bond acceptors (Lipinski definition) is 4. The zero-order valence-electron chi connectivity index (χ0n) is 9.91. The van der Waals surface area contributed by atoms with E-state index >= 15 is 0 Å². The summed E-state index contributed by atoms with van der Waals surface area (Å²) in [6, 6.07) is 0.169. The fourth-order valence-corrected chi connectivity index (χ4v) is 3.49. The minimum atomic E-state index is -2.21. The number of rotatable bonds is 6. The van der Waals surface area contributed by atoms with E-state index in [4.69, 9.17) is 20.3 Å². The van der Waals surface area contributed by atoms with Crippen LogP contribution in [0.4, 0.5) is 0 Å². The Morgan fingerprint density at radius 3 is 1.86 bits per heavy atom. The van der Waals surface area contributed by atoms with Gasteiger partial charge in [-0.15, -0.1) is 0 Å². The van der Waals surface area contributed by atoms with E-state index in [0.29, 0.717) is 5.92 Å². The molecule has 0 aliphatic carbocycles. The summed E-state index contributed by atoms with van der Waals surface area (Å²) < 4.78 is 10.8. The first kappa shape index (κ1) is 14.1. The van der Waals surface area contributed by atoms with Crippen molar-refractivity contribution in [3.8, 4) is 0 Å². The van der Waals surface area contributed by atoms with Crippen LogP contribution in [0.3, 0.4) is 0 Å². The molecule has 3 atom stereocenters. The highest BCUT2D eigenvalue weighted by Gasteiger charge is 2.40. The first-order valence-electron chi connectivity index (χ1n) is 4.98. The molecule has 0 saturated heterocycles. The maximum absolute atomic E-state index is 6.12. The molecular weight excluding hydrogens is 196 g/mol. The van der Waals surface area contributed by atoms with Gasteiger partial charge in [0.25, 0.3) is 0 Å². The lowest BCUT2D eigenvalue weighted by atomic mass is 10.0. The molecule has 4 N–H and O–H groups in total. The molecular formula is C9H24N2O2Si. The third-order valence-corrected chi connectivity index (χ3v) is 6.17. The Hall–Kier alpha value is 0.0569. The van der Waals surface area contributed by atoms with E-state index in [0.717, 1.165) is 6.42 Å². The van der Waals surface area contributed by atoms with Crippen molar-refractivity contribution < 1.29 is 8.85 Å². The minimum Gasteiger partial charge on any atom is -0.397 e. The van der Waals surface area contributed by atoms with Crippen LogP contribution >= 0.6 is 0 Å². The van der Waals surface area contributed by atoms with Gasteiger partial charge in [0.05, 0.1) is 5.67 Å². The van der Waals surface area contributed by atoms with Crippen molar-refractivity contribution in [2.24, 2.45) is 17.4 Å². The number of nitrogens with two attached hydrogens (primary N) is 2. The lowest BCUT2D eigenvalue weighted by Crippen LogP contribution is -2.57. The lowest BCUT2D eigenvalue weighted by Gasteiger charge is -2.33. The molecule has 0 spiro atoms. The van der Waals surface area contributed by atoms with Gasteiger partial charge in [0.1, 0.15) is 0 Å². The molecule has 0 saturated carbocycles. The van der Waals surface area contributed by atoms with Gasteiger partial charge in [0, 0.05) is 20.3 Å². The molecule has 0 fully saturated rings. The molecule has 0 rings (SSSR count). The topological polar surface area (TPSA) is 70.5 Å². The Balaban J connectivity index is 4.34. The Bertz CT molecular complexity index is 163. The van der Waals surface area contributed by atoms with Crippen molar-refractivity contribution in [2.45, 2.75) is 38.5 Å². The molecule has 5 heteroatoms. The molecule has 0 heterocycles. The van der Waals surface area contributed by atoms with Gasteiger partial charge in [-0.1, -0.05) is 6.92 Å². The van der Waals surface area contributed by atoms with E-state index < -0.39 is 8.56 Å². The van der Waals surface area contributed by atoms with Gasteiger partial charge in [-0.3, -0.25) is 0 Å². The second-order valence-corrected chi connectivity index (χ2v) is 7.66. The van der Waals surface area contributed by atoms with E-state index in [1.165, 1.54) is 0 Å².